The van der Waals surface area contributed by atoms with E-state index in [0.717, 1.165) is 12.1 Å². The highest BCUT2D eigenvalue weighted by molar-refractivity contribution is 6.31. The Morgan fingerprint density at radius 3 is 2.27 bits per heavy atom. The second kappa shape index (κ2) is 8.44. The molecular formula is C21H13Cl2F5N4O. The van der Waals surface area contributed by atoms with Gasteiger partial charge in [0.15, 0.2) is 0 Å². The Balaban J connectivity index is 1.58. The van der Waals surface area contributed by atoms with E-state index in [9.17, 15) is 22.0 Å². The zero-order valence-corrected chi connectivity index (χ0v) is 18.1. The summed E-state index contributed by atoms with van der Waals surface area (Å²) in [6.45, 7) is 0. The lowest BCUT2D eigenvalue weighted by Crippen LogP contribution is -2.42. The molecule has 4 rings (SSSR count). The third-order valence-electron chi connectivity index (χ3n) is 4.65. The van der Waals surface area contributed by atoms with Gasteiger partial charge in [-0.3, -0.25) is 5.01 Å². The number of benzene rings is 2. The van der Waals surface area contributed by atoms with Crippen molar-refractivity contribution >= 4 is 29.0 Å². The number of pyridine rings is 1. The molecule has 0 radical (unpaired) electrons. The maximum absolute atomic E-state index is 14.2. The average molecular weight is 503 g/mol. The molecule has 1 aliphatic rings. The van der Waals surface area contributed by atoms with Gasteiger partial charge in [-0.15, -0.1) is 0 Å². The zero-order valence-electron chi connectivity index (χ0n) is 16.6. The van der Waals surface area contributed by atoms with Crippen molar-refractivity contribution in [2.45, 2.75) is 11.3 Å². The van der Waals surface area contributed by atoms with Crippen LogP contribution < -0.4 is 10.2 Å². The summed E-state index contributed by atoms with van der Waals surface area (Å²) in [5, 5.41) is -0.799. The minimum atomic E-state index is -4.58. The van der Waals surface area contributed by atoms with Crippen LogP contribution in [0.4, 0.5) is 22.0 Å². The highest BCUT2D eigenvalue weighted by Gasteiger charge is 2.42. The second-order valence-electron chi connectivity index (χ2n) is 6.96. The number of aromatic nitrogens is 1. The van der Waals surface area contributed by atoms with E-state index in [1.165, 1.54) is 23.2 Å². The van der Waals surface area contributed by atoms with Crippen LogP contribution in [0.2, 0.25) is 5.02 Å². The van der Waals surface area contributed by atoms with Crippen molar-refractivity contribution in [3.8, 4) is 11.6 Å². The van der Waals surface area contributed by atoms with Crippen LogP contribution in [-0.2, 0) is 11.3 Å². The summed E-state index contributed by atoms with van der Waals surface area (Å²) in [5.41, 5.74) is 1.79. The van der Waals surface area contributed by atoms with Crippen LogP contribution in [0.3, 0.4) is 0 Å². The number of hydrogen-bond acceptors (Lipinski definition) is 5. The Morgan fingerprint density at radius 2 is 1.70 bits per heavy atom. The molecule has 2 aromatic carbocycles. The molecule has 0 spiro atoms. The van der Waals surface area contributed by atoms with E-state index in [2.05, 4.69) is 15.4 Å². The van der Waals surface area contributed by atoms with Crippen LogP contribution in [0.25, 0.3) is 0 Å². The molecule has 0 aliphatic carbocycles. The fourth-order valence-electron chi connectivity index (χ4n) is 3.14. The maximum Gasteiger partial charge on any atom is 0.417 e. The molecule has 1 unspecified atom stereocenters. The number of hydrogen-bond donors (Lipinski definition) is 1. The Kier molecular flexibility index (Phi) is 5.94. The van der Waals surface area contributed by atoms with Crippen LogP contribution in [0.1, 0.15) is 16.7 Å². The number of nitrogens with zero attached hydrogens (tertiary/aromatic N) is 3. The Morgan fingerprint density at radius 1 is 1.06 bits per heavy atom. The molecule has 1 aliphatic heterocycles. The smallest absolute Gasteiger partial charge is 0.417 e. The van der Waals surface area contributed by atoms with Crippen molar-refractivity contribution in [2.75, 3.05) is 7.05 Å². The van der Waals surface area contributed by atoms with Gasteiger partial charge in [0.25, 0.3) is 0 Å². The summed E-state index contributed by atoms with van der Waals surface area (Å²) in [6, 6.07) is 10.2. The molecular weight excluding hydrogens is 490 g/mol. The monoisotopic (exact) mass is 502 g/mol. The van der Waals surface area contributed by atoms with E-state index in [1.807, 2.05) is 0 Å². The molecule has 0 fully saturated rings. The van der Waals surface area contributed by atoms with E-state index < -0.39 is 34.1 Å². The highest BCUT2D eigenvalue weighted by atomic mass is 35.5. The third kappa shape index (κ3) is 4.59. The van der Waals surface area contributed by atoms with E-state index in [-0.39, 0.29) is 22.5 Å². The Hall–Kier alpha value is -2.95. The maximum atomic E-state index is 14.2. The van der Waals surface area contributed by atoms with Gasteiger partial charge in [0.2, 0.25) is 11.0 Å². The molecule has 172 valence electrons. The van der Waals surface area contributed by atoms with Crippen molar-refractivity contribution in [3.05, 3.63) is 88.1 Å². The molecule has 33 heavy (non-hydrogen) atoms. The number of alkyl halides is 4. The fraction of sp³-hybridized carbons (Fsp3) is 0.143. The van der Waals surface area contributed by atoms with E-state index in [4.69, 9.17) is 27.9 Å². The SMILES string of the molecule is CN1NC(Cl)(c2c(F)cccc2F)N=C1c1ccc(Oc2ncc(C(F)(F)F)cc2Cl)cc1. The molecule has 1 atom stereocenters. The zero-order chi connectivity index (χ0) is 24.0. The van der Waals surface area contributed by atoms with Crippen LogP contribution in [0, 0.1) is 11.6 Å². The third-order valence-corrected chi connectivity index (χ3v) is 5.28. The van der Waals surface area contributed by atoms with Crippen molar-refractivity contribution in [1.82, 2.24) is 15.4 Å². The van der Waals surface area contributed by atoms with Crippen LogP contribution in [0.5, 0.6) is 11.6 Å². The quantitative estimate of drug-likeness (QED) is 0.267. The summed E-state index contributed by atoms with van der Waals surface area (Å²) in [4.78, 5) is 7.88. The Bertz CT molecular complexity index is 1220. The van der Waals surface area contributed by atoms with Gasteiger partial charge in [0, 0.05) is 18.8 Å². The molecule has 5 nitrogen and oxygen atoms in total. The molecule has 2 heterocycles. The first kappa shape index (κ1) is 23.2. The predicted octanol–water partition coefficient (Wildman–Crippen LogP) is 6.07. The first-order chi connectivity index (χ1) is 15.5. The number of rotatable bonds is 4. The van der Waals surface area contributed by atoms with Crippen molar-refractivity contribution < 1.29 is 26.7 Å². The number of ether oxygens (including phenoxy) is 1. The molecule has 1 aromatic heterocycles. The summed E-state index contributed by atoms with van der Waals surface area (Å²) in [5.74, 6) is -1.41. The first-order valence-corrected chi connectivity index (χ1v) is 9.99. The van der Waals surface area contributed by atoms with E-state index >= 15 is 0 Å². The first-order valence-electron chi connectivity index (χ1n) is 9.24. The van der Waals surface area contributed by atoms with Gasteiger partial charge >= 0.3 is 6.18 Å². The minimum Gasteiger partial charge on any atom is -0.438 e. The van der Waals surface area contributed by atoms with Gasteiger partial charge in [-0.05, 0) is 42.5 Å². The van der Waals surface area contributed by atoms with Crippen LogP contribution >= 0.6 is 23.2 Å². The molecule has 0 bridgehead atoms. The lowest BCUT2D eigenvalue weighted by atomic mass is 10.1. The topological polar surface area (TPSA) is 49.8 Å². The fourth-order valence-corrected chi connectivity index (χ4v) is 3.74. The van der Waals surface area contributed by atoms with E-state index in [0.29, 0.717) is 17.8 Å². The minimum absolute atomic E-state index is 0.204. The van der Waals surface area contributed by atoms with Gasteiger partial charge in [0.1, 0.15) is 28.2 Å². The summed E-state index contributed by atoms with van der Waals surface area (Å²) in [6.07, 6.45) is -3.96. The van der Waals surface area contributed by atoms with Crippen molar-refractivity contribution in [3.63, 3.8) is 0 Å². The number of amidine groups is 1. The number of nitrogens with one attached hydrogen (secondary N) is 1. The summed E-state index contributed by atoms with van der Waals surface area (Å²) < 4.78 is 72.2. The standard InChI is InChI=1S/C21H13Cl2F5N4O/c1-32-18(30-20(23,31-32)17-15(24)3-2-4-16(17)25)11-5-7-13(8-6-11)33-19-14(22)9-12(10-29-19)21(26,27)28/h2-10,31H,1H3. The number of hydrazine groups is 1. The lowest BCUT2D eigenvalue weighted by Gasteiger charge is -2.22. The molecule has 0 amide bonds. The van der Waals surface area contributed by atoms with Crippen molar-refractivity contribution in [2.24, 2.45) is 4.99 Å². The van der Waals surface area contributed by atoms with Gasteiger partial charge in [-0.2, -0.15) is 18.6 Å². The lowest BCUT2D eigenvalue weighted by molar-refractivity contribution is -0.137. The van der Waals surface area contributed by atoms with E-state index in [1.54, 1.807) is 19.2 Å². The van der Waals surface area contributed by atoms with Gasteiger partial charge in [-0.25, -0.2) is 18.8 Å². The normalized spacial score (nSPS) is 18.4. The molecule has 1 N–H and O–H groups in total. The van der Waals surface area contributed by atoms with Crippen molar-refractivity contribution in [1.29, 1.82) is 0 Å². The summed E-state index contributed by atoms with van der Waals surface area (Å²) >= 11 is 12.3. The highest BCUT2D eigenvalue weighted by Crippen LogP contribution is 2.37. The van der Waals surface area contributed by atoms with Gasteiger partial charge in [0.05, 0.1) is 11.1 Å². The van der Waals surface area contributed by atoms with Gasteiger partial charge < -0.3 is 4.74 Å². The average Bonchev–Trinajstić information content (AvgIpc) is 3.04. The second-order valence-corrected chi connectivity index (χ2v) is 7.91. The number of aliphatic imine (C=N–C) groups is 1. The van der Waals surface area contributed by atoms with Gasteiger partial charge in [-0.1, -0.05) is 29.3 Å². The van der Waals surface area contributed by atoms with Crippen LogP contribution in [-0.4, -0.2) is 22.9 Å². The summed E-state index contributed by atoms with van der Waals surface area (Å²) in [7, 11) is 1.57. The van der Waals surface area contributed by atoms with Crippen LogP contribution in [0.15, 0.2) is 59.7 Å². The Labute approximate surface area is 194 Å². The largest absolute Gasteiger partial charge is 0.438 e. The molecule has 0 saturated heterocycles. The predicted molar refractivity (Wildman–Crippen MR) is 112 cm³/mol. The molecule has 3 aromatic rings. The number of halogens is 7. The molecule has 0 saturated carbocycles. The molecule has 12 heteroatoms.